The number of hydrogen-bond acceptors (Lipinski definition) is 6. The number of hydrogen-bond donors (Lipinski definition) is 1. The van der Waals surface area contributed by atoms with E-state index in [4.69, 9.17) is 21.1 Å². The van der Waals surface area contributed by atoms with Crippen molar-refractivity contribution < 1.29 is 19.1 Å². The Morgan fingerprint density at radius 3 is 2.48 bits per heavy atom. The first kappa shape index (κ1) is 21.0. The summed E-state index contributed by atoms with van der Waals surface area (Å²) in [4.78, 5) is 28.8. The molecular weight excluding hydrogens is 436 g/mol. The number of carbonyl (C=O) groups is 2. The van der Waals surface area contributed by atoms with Gasteiger partial charge in [0, 0.05) is 21.7 Å². The molecule has 31 heavy (non-hydrogen) atoms. The smallest absolute Gasteiger partial charge is 0.282 e. The highest BCUT2D eigenvalue weighted by Gasteiger charge is 2.42. The number of ether oxygens (including phenoxy) is 2. The molecular formula is C23H19ClN2O4S. The molecule has 158 valence electrons. The molecule has 1 N–H and O–H groups in total. The third-order valence-electron chi connectivity index (χ3n) is 4.94. The number of imide groups is 1. The van der Waals surface area contributed by atoms with E-state index in [2.05, 4.69) is 5.32 Å². The molecule has 6 nitrogen and oxygen atoms in total. The predicted molar refractivity (Wildman–Crippen MR) is 123 cm³/mol. The van der Waals surface area contributed by atoms with Crippen molar-refractivity contribution in [1.29, 1.82) is 0 Å². The Balaban J connectivity index is 1.83. The first-order chi connectivity index (χ1) is 14.9. The molecule has 0 bridgehead atoms. The zero-order valence-corrected chi connectivity index (χ0v) is 18.6. The van der Waals surface area contributed by atoms with Gasteiger partial charge in [0.15, 0.2) is 0 Å². The SMILES string of the molecule is COc1ccc(N2C(=O)C(Nc3cc(Cl)ccc3C)=C(c3cccs3)C2=O)c(OC)c1. The van der Waals surface area contributed by atoms with Gasteiger partial charge in [0.1, 0.15) is 17.2 Å². The number of anilines is 2. The molecule has 3 aromatic rings. The Morgan fingerprint density at radius 2 is 1.81 bits per heavy atom. The van der Waals surface area contributed by atoms with Gasteiger partial charge in [-0.15, -0.1) is 11.3 Å². The molecule has 0 fully saturated rings. The lowest BCUT2D eigenvalue weighted by atomic mass is 10.1. The first-order valence-corrected chi connectivity index (χ1v) is 10.6. The van der Waals surface area contributed by atoms with Gasteiger partial charge >= 0.3 is 0 Å². The van der Waals surface area contributed by atoms with Crippen LogP contribution in [0.4, 0.5) is 11.4 Å². The number of rotatable bonds is 6. The number of aryl methyl sites for hydroxylation is 1. The van der Waals surface area contributed by atoms with Gasteiger partial charge in [-0.1, -0.05) is 23.7 Å². The van der Waals surface area contributed by atoms with E-state index in [1.165, 1.54) is 25.6 Å². The molecule has 0 spiro atoms. The van der Waals surface area contributed by atoms with Crippen LogP contribution in [0.3, 0.4) is 0 Å². The summed E-state index contributed by atoms with van der Waals surface area (Å²) in [7, 11) is 3.01. The van der Waals surface area contributed by atoms with Crippen molar-refractivity contribution in [3.05, 3.63) is 75.1 Å². The summed E-state index contributed by atoms with van der Waals surface area (Å²) >= 11 is 7.54. The maximum Gasteiger partial charge on any atom is 0.282 e. The Bertz CT molecular complexity index is 1200. The minimum Gasteiger partial charge on any atom is -0.497 e. The topological polar surface area (TPSA) is 67.9 Å². The second-order valence-electron chi connectivity index (χ2n) is 6.80. The molecule has 2 amide bonds. The Kier molecular flexibility index (Phi) is 5.71. The monoisotopic (exact) mass is 454 g/mol. The summed E-state index contributed by atoms with van der Waals surface area (Å²) in [5.41, 5.74) is 2.38. The van der Waals surface area contributed by atoms with E-state index in [1.54, 1.807) is 30.3 Å². The molecule has 1 aromatic heterocycles. The molecule has 1 aliphatic rings. The van der Waals surface area contributed by atoms with E-state index in [9.17, 15) is 9.59 Å². The molecule has 0 atom stereocenters. The zero-order chi connectivity index (χ0) is 22.1. The number of amides is 2. The molecule has 0 radical (unpaired) electrons. The van der Waals surface area contributed by atoms with E-state index in [-0.39, 0.29) is 5.70 Å². The molecule has 0 saturated carbocycles. The van der Waals surface area contributed by atoms with Gasteiger partial charge in [-0.05, 0) is 48.2 Å². The minimum absolute atomic E-state index is 0.190. The van der Waals surface area contributed by atoms with E-state index < -0.39 is 11.8 Å². The number of methoxy groups -OCH3 is 2. The Labute approximate surface area is 188 Å². The average Bonchev–Trinajstić information content (AvgIpc) is 3.37. The van der Waals surface area contributed by atoms with Crippen molar-refractivity contribution in [3.63, 3.8) is 0 Å². The van der Waals surface area contributed by atoms with Gasteiger partial charge < -0.3 is 14.8 Å². The molecule has 1 aliphatic heterocycles. The molecule has 2 heterocycles. The standard InChI is InChI=1S/C23H19ClN2O4S/c1-13-6-7-14(24)11-16(13)25-21-20(19-5-4-10-31-19)22(27)26(23(21)28)17-9-8-15(29-2)12-18(17)30-3/h4-12,25H,1-3H3. The number of benzene rings is 2. The van der Waals surface area contributed by atoms with Crippen LogP contribution in [0.2, 0.25) is 5.02 Å². The fraction of sp³-hybridized carbons (Fsp3) is 0.130. The van der Waals surface area contributed by atoms with Crippen molar-refractivity contribution in [1.82, 2.24) is 0 Å². The van der Waals surface area contributed by atoms with Crippen LogP contribution in [0.5, 0.6) is 11.5 Å². The van der Waals surface area contributed by atoms with Crippen LogP contribution in [0, 0.1) is 6.92 Å². The fourth-order valence-electron chi connectivity index (χ4n) is 3.35. The molecule has 2 aromatic carbocycles. The van der Waals surface area contributed by atoms with Crippen LogP contribution in [0.25, 0.3) is 5.57 Å². The molecule has 8 heteroatoms. The lowest BCUT2D eigenvalue weighted by Gasteiger charge is -2.19. The number of nitrogens with zero attached hydrogens (tertiary/aromatic N) is 1. The van der Waals surface area contributed by atoms with E-state index in [0.29, 0.717) is 38.3 Å². The van der Waals surface area contributed by atoms with Crippen molar-refractivity contribution in [2.75, 3.05) is 24.4 Å². The lowest BCUT2D eigenvalue weighted by Crippen LogP contribution is -2.32. The van der Waals surface area contributed by atoms with Gasteiger partial charge in [0.05, 0.1) is 25.5 Å². The van der Waals surface area contributed by atoms with Crippen LogP contribution in [0.1, 0.15) is 10.4 Å². The maximum atomic E-state index is 13.5. The summed E-state index contributed by atoms with van der Waals surface area (Å²) in [6, 6.07) is 13.9. The van der Waals surface area contributed by atoms with Crippen molar-refractivity contribution in [2.24, 2.45) is 0 Å². The Hall–Kier alpha value is -3.29. The minimum atomic E-state index is -0.476. The summed E-state index contributed by atoms with van der Waals surface area (Å²) < 4.78 is 10.7. The largest absolute Gasteiger partial charge is 0.497 e. The highest BCUT2D eigenvalue weighted by Crippen LogP contribution is 2.40. The number of carbonyl (C=O) groups excluding carboxylic acids is 2. The van der Waals surface area contributed by atoms with Crippen molar-refractivity contribution in [2.45, 2.75) is 6.92 Å². The number of thiophene rings is 1. The molecule has 0 saturated heterocycles. The van der Waals surface area contributed by atoms with Crippen LogP contribution in [-0.2, 0) is 9.59 Å². The van der Waals surface area contributed by atoms with Gasteiger partial charge in [0.2, 0.25) is 0 Å². The number of halogens is 1. The summed E-state index contributed by atoms with van der Waals surface area (Å²) in [6.07, 6.45) is 0. The highest BCUT2D eigenvalue weighted by molar-refractivity contribution is 7.11. The van der Waals surface area contributed by atoms with Crippen molar-refractivity contribution in [3.8, 4) is 11.5 Å². The first-order valence-electron chi connectivity index (χ1n) is 9.36. The number of nitrogens with one attached hydrogen (secondary N) is 1. The summed E-state index contributed by atoms with van der Waals surface area (Å²) in [5.74, 6) is 0.000131. The van der Waals surface area contributed by atoms with E-state index in [1.807, 2.05) is 30.5 Å². The van der Waals surface area contributed by atoms with Gasteiger partial charge in [-0.25, -0.2) is 4.90 Å². The van der Waals surface area contributed by atoms with E-state index >= 15 is 0 Å². The van der Waals surface area contributed by atoms with Crippen LogP contribution >= 0.6 is 22.9 Å². The Morgan fingerprint density at radius 1 is 1.00 bits per heavy atom. The normalized spacial score (nSPS) is 13.7. The van der Waals surface area contributed by atoms with Gasteiger partial charge in [0.25, 0.3) is 11.8 Å². The third kappa shape index (κ3) is 3.78. The predicted octanol–water partition coefficient (Wildman–Crippen LogP) is 5.12. The van der Waals surface area contributed by atoms with Crippen LogP contribution in [-0.4, -0.2) is 26.0 Å². The van der Waals surface area contributed by atoms with Gasteiger partial charge in [-0.2, -0.15) is 0 Å². The highest BCUT2D eigenvalue weighted by atomic mass is 35.5. The molecule has 0 unspecified atom stereocenters. The zero-order valence-electron chi connectivity index (χ0n) is 17.1. The summed E-state index contributed by atoms with van der Waals surface area (Å²) in [5, 5.41) is 5.54. The second kappa shape index (κ2) is 8.45. The quantitative estimate of drug-likeness (QED) is 0.523. The average molecular weight is 455 g/mol. The lowest BCUT2D eigenvalue weighted by molar-refractivity contribution is -0.120. The molecule has 0 aliphatic carbocycles. The van der Waals surface area contributed by atoms with Crippen LogP contribution in [0.15, 0.2) is 59.6 Å². The van der Waals surface area contributed by atoms with Crippen LogP contribution < -0.4 is 19.7 Å². The van der Waals surface area contributed by atoms with Gasteiger partial charge in [-0.3, -0.25) is 9.59 Å². The third-order valence-corrected chi connectivity index (χ3v) is 6.06. The maximum absolute atomic E-state index is 13.5. The fourth-order valence-corrected chi connectivity index (χ4v) is 4.29. The molecule has 4 rings (SSSR count). The summed E-state index contributed by atoms with van der Waals surface area (Å²) in [6.45, 7) is 1.90. The second-order valence-corrected chi connectivity index (χ2v) is 8.18. The van der Waals surface area contributed by atoms with Crippen molar-refractivity contribution >= 4 is 51.7 Å². The van der Waals surface area contributed by atoms with E-state index in [0.717, 1.165) is 10.5 Å².